The van der Waals surface area contributed by atoms with E-state index >= 15 is 0 Å². The smallest absolute Gasteiger partial charge is 0.277 e. The van der Waals surface area contributed by atoms with Gasteiger partial charge >= 0.3 is 0 Å². The summed E-state index contributed by atoms with van der Waals surface area (Å²) >= 11 is 0. The molecule has 7 heteroatoms. The molecule has 0 bridgehead atoms. The summed E-state index contributed by atoms with van der Waals surface area (Å²) in [5.74, 6) is 0.650. The highest BCUT2D eigenvalue weighted by Gasteiger charge is 2.10. The molecule has 2 aromatic carbocycles. The third kappa shape index (κ3) is 6.95. The molecule has 0 aliphatic heterocycles. The van der Waals surface area contributed by atoms with Gasteiger partial charge in [-0.15, -0.1) is 0 Å². The van der Waals surface area contributed by atoms with Crippen molar-refractivity contribution in [3.63, 3.8) is 0 Å². The van der Waals surface area contributed by atoms with Crippen LogP contribution in [0.3, 0.4) is 0 Å². The van der Waals surface area contributed by atoms with Crippen LogP contribution in [0.25, 0.3) is 0 Å². The van der Waals surface area contributed by atoms with Crippen LogP contribution in [0.4, 0.5) is 5.69 Å². The number of ether oxygens (including phenoxy) is 2. The first-order valence-electron chi connectivity index (χ1n) is 9.25. The quantitative estimate of drug-likeness (QED) is 0.527. The van der Waals surface area contributed by atoms with Gasteiger partial charge in [-0.3, -0.25) is 9.59 Å². The average molecular weight is 397 g/mol. The highest BCUT2D eigenvalue weighted by atomic mass is 16.5. The Labute approximate surface area is 171 Å². The average Bonchev–Trinajstić information content (AvgIpc) is 2.68. The van der Waals surface area contributed by atoms with Gasteiger partial charge in [0.1, 0.15) is 11.5 Å². The lowest BCUT2D eigenvalue weighted by Crippen LogP contribution is -2.26. The highest BCUT2D eigenvalue weighted by molar-refractivity contribution is 6.06. The topological polar surface area (TPSA) is 89.0 Å². The molecular formula is C22H27N3O4. The number of hydrazone groups is 1. The summed E-state index contributed by atoms with van der Waals surface area (Å²) in [5, 5.41) is 6.87. The van der Waals surface area contributed by atoms with E-state index in [9.17, 15) is 9.59 Å². The van der Waals surface area contributed by atoms with Crippen molar-refractivity contribution in [3.05, 3.63) is 53.1 Å². The first kappa shape index (κ1) is 21.9. The van der Waals surface area contributed by atoms with Crippen LogP contribution < -0.4 is 20.2 Å². The third-order valence-electron chi connectivity index (χ3n) is 4.16. The van der Waals surface area contributed by atoms with Gasteiger partial charge in [-0.1, -0.05) is 17.7 Å². The molecule has 0 saturated heterocycles. The van der Waals surface area contributed by atoms with Crippen molar-refractivity contribution in [3.8, 4) is 11.5 Å². The van der Waals surface area contributed by atoms with E-state index in [0.29, 0.717) is 17.2 Å². The fourth-order valence-corrected chi connectivity index (χ4v) is 2.84. The van der Waals surface area contributed by atoms with Crippen LogP contribution in [0.5, 0.6) is 11.5 Å². The SMILES string of the molecule is COc1ccc(OCC(=O)N/N=C(/C)CC(=O)Nc2c(C)cc(C)cc2C)cc1. The van der Waals surface area contributed by atoms with E-state index in [4.69, 9.17) is 9.47 Å². The molecule has 0 aromatic heterocycles. The van der Waals surface area contributed by atoms with Crippen molar-refractivity contribution in [2.45, 2.75) is 34.1 Å². The Morgan fingerprint density at radius 1 is 0.966 bits per heavy atom. The van der Waals surface area contributed by atoms with Crippen molar-refractivity contribution < 1.29 is 19.1 Å². The molecule has 2 aromatic rings. The summed E-state index contributed by atoms with van der Waals surface area (Å²) in [5.41, 5.74) is 6.86. The number of nitrogens with one attached hydrogen (secondary N) is 2. The third-order valence-corrected chi connectivity index (χ3v) is 4.16. The number of hydrogen-bond donors (Lipinski definition) is 2. The van der Waals surface area contributed by atoms with Gasteiger partial charge in [0, 0.05) is 11.4 Å². The molecule has 0 unspecified atom stereocenters. The Bertz CT molecular complexity index is 882. The summed E-state index contributed by atoms with van der Waals surface area (Å²) < 4.78 is 10.4. The van der Waals surface area contributed by atoms with Crippen molar-refractivity contribution in [1.29, 1.82) is 0 Å². The minimum absolute atomic E-state index is 0.0758. The monoisotopic (exact) mass is 397 g/mol. The van der Waals surface area contributed by atoms with Gasteiger partial charge in [0.05, 0.1) is 13.5 Å². The van der Waals surface area contributed by atoms with Crippen molar-refractivity contribution in [2.24, 2.45) is 5.10 Å². The van der Waals surface area contributed by atoms with Crippen molar-refractivity contribution in [2.75, 3.05) is 19.0 Å². The Kier molecular flexibility index (Phi) is 7.77. The number of hydrogen-bond acceptors (Lipinski definition) is 5. The fourth-order valence-electron chi connectivity index (χ4n) is 2.84. The fraction of sp³-hybridized carbons (Fsp3) is 0.318. The maximum atomic E-state index is 12.3. The van der Waals surface area contributed by atoms with Crippen LogP contribution in [0, 0.1) is 20.8 Å². The van der Waals surface area contributed by atoms with Gasteiger partial charge in [0.15, 0.2) is 6.61 Å². The Balaban J connectivity index is 1.81. The van der Waals surface area contributed by atoms with Crippen molar-refractivity contribution >= 4 is 23.2 Å². The molecule has 0 radical (unpaired) electrons. The molecule has 29 heavy (non-hydrogen) atoms. The number of carbonyl (C=O) groups is 2. The first-order chi connectivity index (χ1) is 13.8. The zero-order chi connectivity index (χ0) is 21.4. The molecule has 0 aliphatic carbocycles. The summed E-state index contributed by atoms with van der Waals surface area (Å²) in [4.78, 5) is 24.2. The standard InChI is InChI=1S/C22H27N3O4/c1-14-10-15(2)22(16(3)11-14)23-20(26)12-17(4)24-25-21(27)13-29-19-8-6-18(28-5)7-9-19/h6-11H,12-13H2,1-5H3,(H,23,26)(H,25,27)/b24-17-. The summed E-state index contributed by atoms with van der Waals surface area (Å²) in [6.45, 7) is 7.43. The van der Waals surface area contributed by atoms with Crippen LogP contribution in [0.1, 0.15) is 30.0 Å². The van der Waals surface area contributed by atoms with Gasteiger partial charge in [0.25, 0.3) is 5.91 Å². The zero-order valence-electron chi connectivity index (χ0n) is 17.5. The molecule has 0 spiro atoms. The maximum absolute atomic E-state index is 12.3. The van der Waals surface area contributed by atoms with E-state index in [1.165, 1.54) is 0 Å². The molecule has 154 valence electrons. The van der Waals surface area contributed by atoms with E-state index in [1.54, 1.807) is 38.3 Å². The largest absolute Gasteiger partial charge is 0.497 e. The lowest BCUT2D eigenvalue weighted by atomic mass is 10.0. The highest BCUT2D eigenvalue weighted by Crippen LogP contribution is 2.22. The molecule has 2 amide bonds. The lowest BCUT2D eigenvalue weighted by molar-refractivity contribution is -0.123. The van der Waals surface area contributed by atoms with E-state index in [-0.39, 0.29) is 18.9 Å². The predicted octanol–water partition coefficient (Wildman–Crippen LogP) is 3.52. The normalized spacial score (nSPS) is 11.0. The summed E-state index contributed by atoms with van der Waals surface area (Å²) in [6, 6.07) is 10.9. The number of carbonyl (C=O) groups excluding carboxylic acids is 2. The summed E-state index contributed by atoms with van der Waals surface area (Å²) in [7, 11) is 1.58. The molecular weight excluding hydrogens is 370 g/mol. The van der Waals surface area contributed by atoms with Crippen LogP contribution in [0.15, 0.2) is 41.5 Å². The van der Waals surface area contributed by atoms with Crippen LogP contribution in [-0.2, 0) is 9.59 Å². The number of rotatable bonds is 8. The molecule has 2 rings (SSSR count). The number of methoxy groups -OCH3 is 1. The molecule has 0 atom stereocenters. The molecule has 2 N–H and O–H groups in total. The Morgan fingerprint density at radius 2 is 1.55 bits per heavy atom. The molecule has 0 heterocycles. The Hall–Kier alpha value is -3.35. The number of anilines is 1. The van der Waals surface area contributed by atoms with Crippen LogP contribution in [-0.4, -0.2) is 31.2 Å². The van der Waals surface area contributed by atoms with Gasteiger partial charge in [0.2, 0.25) is 5.91 Å². The number of amides is 2. The second-order valence-electron chi connectivity index (χ2n) is 6.84. The predicted molar refractivity (Wildman–Crippen MR) is 114 cm³/mol. The Morgan fingerprint density at radius 3 is 2.14 bits per heavy atom. The minimum atomic E-state index is -0.411. The number of aryl methyl sites for hydroxylation is 3. The van der Waals surface area contributed by atoms with Crippen LogP contribution >= 0.6 is 0 Å². The summed E-state index contributed by atoms with van der Waals surface area (Å²) in [6.07, 6.45) is 0.0758. The van der Waals surface area contributed by atoms with E-state index in [0.717, 1.165) is 22.4 Å². The van der Waals surface area contributed by atoms with E-state index in [1.807, 2.05) is 32.9 Å². The zero-order valence-corrected chi connectivity index (χ0v) is 17.5. The van der Waals surface area contributed by atoms with E-state index < -0.39 is 5.91 Å². The van der Waals surface area contributed by atoms with Gasteiger partial charge in [-0.25, -0.2) is 5.43 Å². The number of nitrogens with zero attached hydrogens (tertiary/aromatic N) is 1. The second kappa shape index (κ2) is 10.3. The van der Waals surface area contributed by atoms with Crippen LogP contribution in [0.2, 0.25) is 0 Å². The van der Waals surface area contributed by atoms with E-state index in [2.05, 4.69) is 15.8 Å². The molecule has 7 nitrogen and oxygen atoms in total. The van der Waals surface area contributed by atoms with Gasteiger partial charge < -0.3 is 14.8 Å². The minimum Gasteiger partial charge on any atom is -0.497 e. The number of benzene rings is 2. The molecule has 0 aliphatic rings. The molecule has 0 saturated carbocycles. The molecule has 0 fully saturated rings. The maximum Gasteiger partial charge on any atom is 0.277 e. The van der Waals surface area contributed by atoms with Gasteiger partial charge in [-0.2, -0.15) is 5.10 Å². The van der Waals surface area contributed by atoms with Gasteiger partial charge in [-0.05, 0) is 63.1 Å². The lowest BCUT2D eigenvalue weighted by Gasteiger charge is -2.12. The second-order valence-corrected chi connectivity index (χ2v) is 6.84. The first-order valence-corrected chi connectivity index (χ1v) is 9.25. The van der Waals surface area contributed by atoms with Crippen molar-refractivity contribution in [1.82, 2.24) is 5.43 Å².